The number of nitrogens with one attached hydrogen (secondary N) is 3. The molecule has 0 spiro atoms. The molecular weight excluding hydrogens is 1660 g/mol. The monoisotopic (exact) mass is 1800 g/mol. The third kappa shape index (κ3) is 34.9. The summed E-state index contributed by atoms with van der Waals surface area (Å²) in [5.74, 6) is 0.393. The molecule has 13 aliphatic heterocycles. The second-order valence-corrected chi connectivity index (χ2v) is 31.8. The molecule has 15 rings (SSSR count). The number of aromatic amines is 3. The van der Waals surface area contributed by atoms with Gasteiger partial charge in [0.25, 0.3) is 11.1 Å². The van der Waals surface area contributed by atoms with Gasteiger partial charge >= 0.3 is 40.9 Å². The van der Waals surface area contributed by atoms with E-state index in [4.69, 9.17) is 170 Å². The molecule has 17 N–H and O–H groups in total. The number of aromatic nitrogens is 4. The van der Waals surface area contributed by atoms with E-state index in [-0.39, 0.29) is 165 Å². The summed E-state index contributed by atoms with van der Waals surface area (Å²) >= 11 is 11.7. The van der Waals surface area contributed by atoms with Gasteiger partial charge < -0.3 is 162 Å². The summed E-state index contributed by atoms with van der Waals surface area (Å²) < 4.78 is 90.3. The van der Waals surface area contributed by atoms with Crippen molar-refractivity contribution in [2.75, 3.05) is 54.4 Å². The summed E-state index contributed by atoms with van der Waals surface area (Å²) in [6.07, 6.45) is 1.54. The number of aliphatic hydroxyl groups excluding tert-OH is 14. The molecule has 43 heteroatoms. The summed E-state index contributed by atoms with van der Waals surface area (Å²) in [4.78, 5) is 50.6. The van der Waals surface area contributed by atoms with E-state index in [1.54, 1.807) is 27.2 Å². The van der Waals surface area contributed by atoms with Crippen LogP contribution < -0.4 is 57.2 Å². The van der Waals surface area contributed by atoms with Gasteiger partial charge in [-0.05, 0) is 110 Å². The summed E-state index contributed by atoms with van der Waals surface area (Å²) in [6, 6.07) is 0. The Kier molecular flexibility index (Phi) is 52.9. The molecule has 12 saturated heterocycles. The average molecular weight is 1800 g/mol. The van der Waals surface area contributed by atoms with Crippen LogP contribution in [0.4, 0.5) is 0 Å². The van der Waals surface area contributed by atoms with Crippen molar-refractivity contribution in [3.8, 4) is 0 Å². The minimum absolute atomic E-state index is 0. The van der Waals surface area contributed by atoms with Gasteiger partial charge in [-0.25, -0.2) is 9.59 Å². The molecule has 0 radical (unpaired) electrons. The van der Waals surface area contributed by atoms with Crippen molar-refractivity contribution >= 4 is 23.2 Å². The minimum atomic E-state index is -1.38. The SMILES string of the molecule is C.CC[C@@H]1OC(O)[C@@H](O)[C@H]1O.CC[C@@H]1OC(O)[C@H]2OC(C)(C)O[C@@H]12.CC[C@@H]1O[C@@H](Cl)C[C@H]1C.CC[C@@H]1O[C@@H](Cl)[C@H]2OC(C)(C)O[C@H]21.CC[C@@H]1O[C@H](n2cc(C)c(=O)[nH]c2=O)C[C@H]1C.COC1C[C@@H](C)[C@H](CO)O1.COC1C[C@@H](O)[C@H](CO)O1.C[O-].Cc1c[nH]c(=O)[nH]c1=O.OC[C@@H]1OC(O)[C@@H](O)[C@H]1O.OC[C@@H]1OC=C[C@H]1O.O[C@@H]1C[C@H]2OC[C@@H]1O2.[Na+]. The zero-order valence-corrected chi connectivity index (χ0v) is 75.4. The number of halogens is 2. The minimum Gasteiger partial charge on any atom is -0.857 e. The van der Waals surface area contributed by atoms with Crippen LogP contribution in [-0.4, -0.2) is 334 Å². The maximum absolute atomic E-state index is 11.7. The fourth-order valence-electron chi connectivity index (χ4n) is 14.0. The van der Waals surface area contributed by atoms with Crippen LogP contribution in [0.1, 0.15) is 172 Å². The van der Waals surface area contributed by atoms with Crippen LogP contribution in [0.15, 0.2) is 43.9 Å². The average Bonchev–Trinajstić information content (AvgIpc) is 1.62. The Balaban J connectivity index is 0.000000452. The first-order chi connectivity index (χ1) is 56.1. The van der Waals surface area contributed by atoms with Gasteiger partial charge in [0.15, 0.2) is 61.0 Å². The van der Waals surface area contributed by atoms with Crippen molar-refractivity contribution in [3.05, 3.63) is 77.5 Å². The molecule has 121 heavy (non-hydrogen) atoms. The number of ether oxygens (including phenoxy) is 17. The third-order valence-electron chi connectivity index (χ3n) is 20.9. The summed E-state index contributed by atoms with van der Waals surface area (Å²) in [5, 5.41) is 132. The standard InChI is InChI=1S/C12H18N2O3.C9H15ClO3.C9H16O4.C7H13ClO.C7H14O3.2C6H12O4.C5H6N2O2.C5H10O5.2C5H8O3.CH3O.CH4.Na/c1-4-9-7(2)5-10(17-9)14-6-8(3)11(15)13-12(14)16;2*1-4-5-6-7(8(10)11-5)13-9(2,3)12-6;1-3-6-5(2)4-7(8)9-6;1-5-3-7(9-2)10-6(5)4-8;1-9-6-2-4(8)5(3-7)10-6;1-2-3-4(7)5(8)6(9)10-3;1-3-2-6-5(9)7-4(3)8;6-1-2-3(7)4(8)5(9)10-2;6-3-1-5-7-2-4(3)8-5;6-3-5-4(7)1-2-8-5;1-2;;/h6-7,9-10H,4-5H2,1-3H3,(H,13,15,16);5-8H,4H2,1-3H3;5-8,10H,4H2,1-3H3;5-7H,3-4H2,1-2H3;5-8H,3-4H2,1-2H3;4-8H,2-3H2,1H3;3-9H,2H2,1H3;2H,1H3,(H2,6,7,8,9);2-9H,1H2;3-6H,1-2H2;1-2,4-7H,3H2;1H3;1H4;/q;;;;;;;;;;;-1;;+1/t7-,9+,10+;5-,6-,7-,8+;5-,6-,7-,8?;5-,6+,7-;5-,6+,7?;4-,5+,6?;3-,4-,5-,6?;;2-,3-,4-,5?;3-,4+,5+;4-,5+;;;/m1001110.011.../s1. The molecule has 2 bridgehead atoms. The van der Waals surface area contributed by atoms with Gasteiger partial charge in [-0.1, -0.05) is 86.0 Å². The van der Waals surface area contributed by atoms with Crippen LogP contribution >= 0.6 is 23.2 Å². The number of rotatable bonds is 12. The molecule has 12 fully saturated rings. The van der Waals surface area contributed by atoms with E-state index in [9.17, 15) is 24.3 Å². The number of hydrogen-bond acceptors (Lipinski definition) is 36. The normalized spacial score (nSPS) is 38.8. The number of aliphatic hydroxyl groups is 14. The van der Waals surface area contributed by atoms with Crippen molar-refractivity contribution in [1.82, 2.24) is 19.5 Å². The molecule has 40 nitrogen and oxygen atoms in total. The second-order valence-electron chi connectivity index (χ2n) is 30.9. The molecule has 15 heterocycles. The van der Waals surface area contributed by atoms with Gasteiger partial charge in [0.05, 0.1) is 88.1 Å². The summed E-state index contributed by atoms with van der Waals surface area (Å²) in [6.45, 7) is 27.3. The van der Waals surface area contributed by atoms with Crippen LogP contribution in [0.5, 0.6) is 0 Å². The predicted molar refractivity (Wildman–Crippen MR) is 427 cm³/mol. The molecule has 2 aromatic rings. The predicted octanol–water partition coefficient (Wildman–Crippen LogP) is -3.46. The van der Waals surface area contributed by atoms with Crippen LogP contribution in [0.2, 0.25) is 0 Å². The van der Waals surface area contributed by atoms with Gasteiger partial charge in [0.1, 0.15) is 85.0 Å². The first-order valence-electron chi connectivity index (χ1n) is 40.2. The molecule has 5 unspecified atom stereocenters. The van der Waals surface area contributed by atoms with Crippen LogP contribution in [-0.2, 0) is 80.5 Å². The van der Waals surface area contributed by atoms with Gasteiger partial charge in [-0.15, -0.1) is 0 Å². The second kappa shape index (κ2) is 56.0. The van der Waals surface area contributed by atoms with Crippen LogP contribution in [0, 0.1) is 31.6 Å². The Morgan fingerprint density at radius 1 is 0.504 bits per heavy atom. The maximum atomic E-state index is 11.7. The fourth-order valence-corrected chi connectivity index (χ4v) is 14.7. The van der Waals surface area contributed by atoms with Gasteiger partial charge in [0.2, 0.25) is 0 Å². The Morgan fingerprint density at radius 3 is 1.32 bits per heavy atom. The van der Waals surface area contributed by atoms with E-state index >= 15 is 0 Å². The summed E-state index contributed by atoms with van der Waals surface area (Å²) in [5.41, 5.74) is -0.875. The number of alkyl halides is 2. The number of hydrogen-bond donors (Lipinski definition) is 17. The molecule has 2 aromatic heterocycles. The van der Waals surface area contributed by atoms with Gasteiger partial charge in [-0.3, -0.25) is 24.1 Å². The molecule has 0 amide bonds. The van der Waals surface area contributed by atoms with E-state index < -0.39 is 109 Å². The number of fused-ring (bicyclic) bond motifs is 4. The van der Waals surface area contributed by atoms with E-state index in [0.717, 1.165) is 52.1 Å². The number of nitrogens with zero attached hydrogens (tertiary/aromatic N) is 1. The first-order valence-corrected chi connectivity index (χ1v) is 41.1. The molecule has 0 aliphatic carbocycles. The summed E-state index contributed by atoms with van der Waals surface area (Å²) in [7, 11) is 3.88. The number of H-pyrrole nitrogens is 3. The van der Waals surface area contributed by atoms with Crippen molar-refractivity contribution in [1.29, 1.82) is 0 Å². The van der Waals surface area contributed by atoms with Crippen molar-refractivity contribution < 1.29 is 187 Å². The molecule has 0 saturated carbocycles. The first kappa shape index (κ1) is 114. The topological polar surface area (TPSA) is 584 Å². The molecule has 702 valence electrons. The van der Waals surface area contributed by atoms with E-state index in [1.165, 1.54) is 30.2 Å². The number of aryl methyl sites for hydroxylation is 2. The van der Waals surface area contributed by atoms with Crippen LogP contribution in [0.3, 0.4) is 0 Å². The Bertz CT molecular complexity index is 3330. The quantitative estimate of drug-likeness (QED) is 0.0725. The van der Waals surface area contributed by atoms with E-state index in [1.807, 2.05) is 41.5 Å². The Labute approximate surface area is 738 Å². The van der Waals surface area contributed by atoms with E-state index in [2.05, 4.69) is 61.2 Å². The Hall–Kier alpha value is -2.76. The van der Waals surface area contributed by atoms with Crippen molar-refractivity contribution in [2.45, 2.75) is 363 Å². The molecule has 13 aliphatic rings. The van der Waals surface area contributed by atoms with Gasteiger partial charge in [-0.2, -0.15) is 7.11 Å². The molecule has 0 aromatic carbocycles. The van der Waals surface area contributed by atoms with Crippen molar-refractivity contribution in [3.63, 3.8) is 0 Å². The zero-order chi connectivity index (χ0) is 89.7. The van der Waals surface area contributed by atoms with Crippen molar-refractivity contribution in [2.24, 2.45) is 17.8 Å². The molecular formula is C78H139Cl2N4NaO36. The molecule has 33 atom stereocenters. The Morgan fingerprint density at radius 2 is 0.967 bits per heavy atom. The smallest absolute Gasteiger partial charge is 0.857 e. The third-order valence-corrected chi connectivity index (χ3v) is 21.6. The number of methoxy groups -OCH3 is 2. The van der Waals surface area contributed by atoms with E-state index in [0.29, 0.717) is 60.9 Å². The van der Waals surface area contributed by atoms with Crippen LogP contribution in [0.25, 0.3) is 0 Å². The fraction of sp³-hybridized carbons (Fsp3) is 0.872. The largest absolute Gasteiger partial charge is 1.00 e. The maximum Gasteiger partial charge on any atom is 1.00 e. The van der Waals surface area contributed by atoms with Gasteiger partial charge in [0, 0.05) is 57.0 Å². The zero-order valence-electron chi connectivity index (χ0n) is 71.9.